The van der Waals surface area contributed by atoms with Crippen LogP contribution in [0.3, 0.4) is 0 Å². The minimum atomic E-state index is -0.282. The second-order valence-corrected chi connectivity index (χ2v) is 4.99. The molecule has 0 saturated carbocycles. The molecule has 1 aromatic rings. The van der Waals surface area contributed by atoms with E-state index in [1.165, 1.54) is 6.07 Å². The van der Waals surface area contributed by atoms with Crippen molar-refractivity contribution < 1.29 is 4.39 Å². The lowest BCUT2D eigenvalue weighted by molar-refractivity contribution is 0.165. The Morgan fingerprint density at radius 1 is 1.33 bits per heavy atom. The molecule has 0 radical (unpaired) electrons. The summed E-state index contributed by atoms with van der Waals surface area (Å²) in [5.41, 5.74) is 6.44. The SMILES string of the molecule is CCC(CC)N(C)C(CN)c1ccc(Cl)cc1F. The lowest BCUT2D eigenvalue weighted by Gasteiger charge is -2.34. The van der Waals surface area contributed by atoms with Gasteiger partial charge in [-0.1, -0.05) is 31.5 Å². The highest BCUT2D eigenvalue weighted by molar-refractivity contribution is 6.30. The van der Waals surface area contributed by atoms with Crippen molar-refractivity contribution in [3.63, 3.8) is 0 Å². The Balaban J connectivity index is 3.01. The second-order valence-electron chi connectivity index (χ2n) is 4.55. The molecule has 1 atom stereocenters. The van der Waals surface area contributed by atoms with Crippen LogP contribution in [-0.2, 0) is 0 Å². The first kappa shape index (κ1) is 15.4. The quantitative estimate of drug-likeness (QED) is 0.857. The van der Waals surface area contributed by atoms with Gasteiger partial charge in [-0.2, -0.15) is 0 Å². The van der Waals surface area contributed by atoms with E-state index < -0.39 is 0 Å². The molecule has 0 saturated heterocycles. The fourth-order valence-corrected chi connectivity index (χ4v) is 2.56. The van der Waals surface area contributed by atoms with Gasteiger partial charge in [-0.05, 0) is 32.0 Å². The van der Waals surface area contributed by atoms with Crippen LogP contribution in [0.1, 0.15) is 38.3 Å². The molecule has 1 rings (SSSR count). The lowest BCUT2D eigenvalue weighted by Crippen LogP contribution is -2.38. The number of nitrogens with zero attached hydrogens (tertiary/aromatic N) is 1. The van der Waals surface area contributed by atoms with E-state index in [1.54, 1.807) is 12.1 Å². The van der Waals surface area contributed by atoms with Gasteiger partial charge in [-0.15, -0.1) is 0 Å². The third-order valence-electron chi connectivity index (χ3n) is 3.55. The first-order valence-corrected chi connectivity index (χ1v) is 6.79. The number of likely N-dealkylation sites (N-methyl/N-ethyl adjacent to an activating group) is 1. The fourth-order valence-electron chi connectivity index (χ4n) is 2.40. The van der Waals surface area contributed by atoms with Crippen molar-refractivity contribution in [2.45, 2.75) is 38.8 Å². The maximum absolute atomic E-state index is 14.0. The molecule has 0 spiro atoms. The van der Waals surface area contributed by atoms with E-state index in [0.29, 0.717) is 23.2 Å². The standard InChI is InChI=1S/C14H22ClFN2/c1-4-11(5-2)18(3)14(9-17)12-7-6-10(15)8-13(12)16/h6-8,11,14H,4-5,9,17H2,1-3H3. The van der Waals surface area contributed by atoms with Crippen molar-refractivity contribution in [3.8, 4) is 0 Å². The van der Waals surface area contributed by atoms with E-state index in [-0.39, 0.29) is 11.9 Å². The summed E-state index contributed by atoms with van der Waals surface area (Å²) >= 11 is 5.78. The maximum Gasteiger partial charge on any atom is 0.129 e. The normalized spacial score (nSPS) is 13.3. The highest BCUT2D eigenvalue weighted by Gasteiger charge is 2.23. The molecule has 4 heteroatoms. The van der Waals surface area contributed by atoms with Crippen molar-refractivity contribution >= 4 is 11.6 Å². The molecular weight excluding hydrogens is 251 g/mol. The monoisotopic (exact) mass is 272 g/mol. The Morgan fingerprint density at radius 3 is 2.39 bits per heavy atom. The molecule has 1 aromatic carbocycles. The van der Waals surface area contributed by atoms with Gasteiger partial charge in [0.2, 0.25) is 0 Å². The van der Waals surface area contributed by atoms with Crippen LogP contribution in [0.4, 0.5) is 4.39 Å². The van der Waals surface area contributed by atoms with Gasteiger partial charge < -0.3 is 5.73 Å². The van der Waals surface area contributed by atoms with Crippen LogP contribution in [0.5, 0.6) is 0 Å². The van der Waals surface area contributed by atoms with Crippen molar-refractivity contribution in [3.05, 3.63) is 34.6 Å². The van der Waals surface area contributed by atoms with E-state index >= 15 is 0 Å². The molecule has 0 aliphatic carbocycles. The van der Waals surface area contributed by atoms with E-state index in [0.717, 1.165) is 12.8 Å². The van der Waals surface area contributed by atoms with Crippen molar-refractivity contribution in [1.29, 1.82) is 0 Å². The molecule has 1 unspecified atom stereocenters. The van der Waals surface area contributed by atoms with E-state index in [9.17, 15) is 4.39 Å². The molecule has 0 aliphatic heterocycles. The largest absolute Gasteiger partial charge is 0.329 e. The van der Waals surface area contributed by atoms with Crippen LogP contribution in [-0.4, -0.2) is 24.5 Å². The van der Waals surface area contributed by atoms with Crippen LogP contribution in [0.15, 0.2) is 18.2 Å². The zero-order valence-electron chi connectivity index (χ0n) is 11.3. The lowest BCUT2D eigenvalue weighted by atomic mass is 10.0. The number of nitrogens with two attached hydrogens (primary N) is 1. The van der Waals surface area contributed by atoms with Crippen molar-refractivity contribution in [1.82, 2.24) is 4.90 Å². The zero-order valence-corrected chi connectivity index (χ0v) is 12.0. The third kappa shape index (κ3) is 3.44. The zero-order chi connectivity index (χ0) is 13.7. The Morgan fingerprint density at radius 2 is 1.94 bits per heavy atom. The van der Waals surface area contributed by atoms with Crippen molar-refractivity contribution in [2.75, 3.05) is 13.6 Å². The van der Waals surface area contributed by atoms with Crippen LogP contribution in [0.25, 0.3) is 0 Å². The number of benzene rings is 1. The predicted molar refractivity (Wildman–Crippen MR) is 75.3 cm³/mol. The Bertz CT molecular complexity index is 380. The molecule has 0 aromatic heterocycles. The summed E-state index contributed by atoms with van der Waals surface area (Å²) in [6, 6.07) is 5.10. The molecule has 2 N–H and O–H groups in total. The summed E-state index contributed by atoms with van der Waals surface area (Å²) in [5, 5.41) is 0.414. The van der Waals surface area contributed by atoms with Crippen LogP contribution in [0, 0.1) is 5.82 Å². The molecule has 18 heavy (non-hydrogen) atoms. The topological polar surface area (TPSA) is 29.3 Å². The summed E-state index contributed by atoms with van der Waals surface area (Å²) in [7, 11) is 2.00. The summed E-state index contributed by atoms with van der Waals surface area (Å²) in [6.45, 7) is 4.67. The molecule has 102 valence electrons. The van der Waals surface area contributed by atoms with Gasteiger partial charge in [0.05, 0.1) is 0 Å². The van der Waals surface area contributed by atoms with Gasteiger partial charge in [0.25, 0.3) is 0 Å². The van der Waals surface area contributed by atoms with Crippen LogP contribution in [0.2, 0.25) is 5.02 Å². The van der Waals surface area contributed by atoms with E-state index in [4.69, 9.17) is 17.3 Å². The molecule has 0 amide bonds. The number of rotatable bonds is 6. The molecule has 0 fully saturated rings. The maximum atomic E-state index is 14.0. The molecule has 2 nitrogen and oxygen atoms in total. The van der Waals surface area contributed by atoms with Gasteiger partial charge in [0.1, 0.15) is 5.82 Å². The van der Waals surface area contributed by atoms with Gasteiger partial charge in [-0.25, -0.2) is 4.39 Å². The molecule has 0 heterocycles. The Kier molecular flexibility index (Phi) is 6.06. The molecule has 0 aliphatic rings. The van der Waals surface area contributed by atoms with E-state index in [1.807, 2.05) is 7.05 Å². The smallest absolute Gasteiger partial charge is 0.129 e. The average Bonchev–Trinajstić information content (AvgIpc) is 2.34. The van der Waals surface area contributed by atoms with Crippen LogP contribution >= 0.6 is 11.6 Å². The van der Waals surface area contributed by atoms with Crippen LogP contribution < -0.4 is 5.73 Å². The number of halogens is 2. The van der Waals surface area contributed by atoms with Crippen molar-refractivity contribution in [2.24, 2.45) is 5.73 Å². The first-order valence-electron chi connectivity index (χ1n) is 6.42. The predicted octanol–water partition coefficient (Wildman–Crippen LogP) is 3.60. The number of hydrogen-bond acceptors (Lipinski definition) is 2. The second kappa shape index (κ2) is 7.07. The summed E-state index contributed by atoms with van der Waals surface area (Å²) in [6.07, 6.45) is 2.05. The summed E-state index contributed by atoms with van der Waals surface area (Å²) < 4.78 is 14.0. The first-order chi connectivity index (χ1) is 8.54. The Labute approximate surface area is 114 Å². The fraction of sp³-hybridized carbons (Fsp3) is 0.571. The van der Waals surface area contributed by atoms with E-state index in [2.05, 4.69) is 18.7 Å². The van der Waals surface area contributed by atoms with Gasteiger partial charge in [0.15, 0.2) is 0 Å². The number of hydrogen-bond donors (Lipinski definition) is 1. The minimum Gasteiger partial charge on any atom is -0.329 e. The minimum absolute atomic E-state index is 0.104. The highest BCUT2D eigenvalue weighted by Crippen LogP contribution is 2.26. The summed E-state index contributed by atoms with van der Waals surface area (Å²) in [5.74, 6) is -0.282. The summed E-state index contributed by atoms with van der Waals surface area (Å²) in [4.78, 5) is 2.16. The average molecular weight is 273 g/mol. The highest BCUT2D eigenvalue weighted by atomic mass is 35.5. The molecular formula is C14H22ClFN2. The molecule has 0 bridgehead atoms. The Hall–Kier alpha value is -0.640. The van der Waals surface area contributed by atoms with Gasteiger partial charge in [-0.3, -0.25) is 4.90 Å². The third-order valence-corrected chi connectivity index (χ3v) is 3.79. The van der Waals surface area contributed by atoms with Gasteiger partial charge >= 0.3 is 0 Å². The van der Waals surface area contributed by atoms with Gasteiger partial charge in [0, 0.05) is 29.2 Å².